The van der Waals surface area contributed by atoms with Gasteiger partial charge in [-0.05, 0) is 19.3 Å². The van der Waals surface area contributed by atoms with E-state index in [2.05, 4.69) is 0 Å². The van der Waals surface area contributed by atoms with Crippen molar-refractivity contribution in [2.45, 2.75) is 37.7 Å². The van der Waals surface area contributed by atoms with Gasteiger partial charge in [0.2, 0.25) is 5.76 Å². The molecule has 1 saturated heterocycles. The Kier molecular flexibility index (Phi) is 3.39. The monoisotopic (exact) mass is 267 g/mol. The van der Waals surface area contributed by atoms with E-state index >= 15 is 0 Å². The average molecular weight is 267 g/mol. The van der Waals surface area contributed by atoms with Gasteiger partial charge in [0.1, 0.15) is 19.5 Å². The molecule has 0 aromatic carbocycles. The standard InChI is InChI=1S/C14H21NO4/c16-13(12-10-18-7-8-19-12)15-6-5-14(17)4-2-1-3-11(14)9-15/h10-11,17H,1-9H2. The fraction of sp³-hybridized carbons (Fsp3) is 0.786. The molecule has 5 heteroatoms. The number of nitrogens with zero attached hydrogens (tertiary/aromatic N) is 1. The van der Waals surface area contributed by atoms with E-state index in [9.17, 15) is 9.90 Å². The highest BCUT2D eigenvalue weighted by molar-refractivity contribution is 5.91. The Labute approximate surface area is 113 Å². The number of carbonyl (C=O) groups is 1. The molecule has 1 aliphatic carbocycles. The molecule has 1 saturated carbocycles. The minimum absolute atomic E-state index is 0.104. The summed E-state index contributed by atoms with van der Waals surface area (Å²) < 4.78 is 10.5. The Hall–Kier alpha value is -1.23. The molecule has 2 unspecified atom stereocenters. The van der Waals surface area contributed by atoms with Crippen molar-refractivity contribution in [1.82, 2.24) is 4.90 Å². The van der Waals surface area contributed by atoms with Gasteiger partial charge in [-0.2, -0.15) is 0 Å². The van der Waals surface area contributed by atoms with Gasteiger partial charge >= 0.3 is 0 Å². The number of likely N-dealkylation sites (tertiary alicyclic amines) is 1. The molecule has 1 amide bonds. The number of fused-ring (bicyclic) bond motifs is 1. The first-order valence-corrected chi connectivity index (χ1v) is 7.15. The molecule has 0 aromatic heterocycles. The maximum atomic E-state index is 12.3. The van der Waals surface area contributed by atoms with E-state index in [0.29, 0.717) is 38.5 Å². The van der Waals surface area contributed by atoms with Crippen LogP contribution in [0.1, 0.15) is 32.1 Å². The van der Waals surface area contributed by atoms with Crippen LogP contribution >= 0.6 is 0 Å². The van der Waals surface area contributed by atoms with Crippen molar-refractivity contribution in [1.29, 1.82) is 0 Å². The number of rotatable bonds is 1. The Morgan fingerprint density at radius 1 is 1.37 bits per heavy atom. The van der Waals surface area contributed by atoms with E-state index < -0.39 is 5.60 Å². The maximum Gasteiger partial charge on any atom is 0.292 e. The lowest BCUT2D eigenvalue weighted by molar-refractivity contribution is -0.144. The highest BCUT2D eigenvalue weighted by Crippen LogP contribution is 2.40. The summed E-state index contributed by atoms with van der Waals surface area (Å²) in [5.74, 6) is 0.406. The van der Waals surface area contributed by atoms with Crippen molar-refractivity contribution in [3.05, 3.63) is 12.0 Å². The molecule has 2 atom stereocenters. The number of amides is 1. The Morgan fingerprint density at radius 3 is 3.05 bits per heavy atom. The van der Waals surface area contributed by atoms with Crippen molar-refractivity contribution in [3.63, 3.8) is 0 Å². The molecule has 3 aliphatic rings. The van der Waals surface area contributed by atoms with E-state index in [4.69, 9.17) is 9.47 Å². The Morgan fingerprint density at radius 2 is 2.26 bits per heavy atom. The van der Waals surface area contributed by atoms with Crippen LogP contribution in [0.5, 0.6) is 0 Å². The molecule has 5 nitrogen and oxygen atoms in total. The highest BCUT2D eigenvalue weighted by Gasteiger charge is 2.44. The van der Waals surface area contributed by atoms with Gasteiger partial charge in [-0.15, -0.1) is 0 Å². The number of piperidine rings is 1. The fourth-order valence-electron chi connectivity index (χ4n) is 3.39. The SMILES string of the molecule is O=C(C1=COCCO1)N1CCC2(O)CCCCC2C1. The quantitative estimate of drug-likeness (QED) is 0.771. The van der Waals surface area contributed by atoms with Crippen LogP contribution in [0, 0.1) is 5.92 Å². The third-order valence-electron chi connectivity index (χ3n) is 4.57. The molecule has 106 valence electrons. The normalized spacial score (nSPS) is 34.7. The van der Waals surface area contributed by atoms with Crippen LogP contribution in [-0.4, -0.2) is 47.8 Å². The molecule has 19 heavy (non-hydrogen) atoms. The maximum absolute atomic E-state index is 12.3. The van der Waals surface area contributed by atoms with Gasteiger partial charge in [0.25, 0.3) is 5.91 Å². The molecular formula is C14H21NO4. The number of ether oxygens (including phenoxy) is 2. The van der Waals surface area contributed by atoms with Crippen LogP contribution in [0.3, 0.4) is 0 Å². The van der Waals surface area contributed by atoms with Crippen LogP contribution in [0.25, 0.3) is 0 Å². The van der Waals surface area contributed by atoms with Gasteiger partial charge in [-0.3, -0.25) is 4.79 Å². The van der Waals surface area contributed by atoms with Gasteiger partial charge in [0.15, 0.2) is 0 Å². The van der Waals surface area contributed by atoms with Crippen LogP contribution in [0.2, 0.25) is 0 Å². The largest absolute Gasteiger partial charge is 0.494 e. The Balaban J connectivity index is 1.67. The predicted octanol–water partition coefficient (Wildman–Crippen LogP) is 1.03. The van der Waals surface area contributed by atoms with Crippen LogP contribution in [0.4, 0.5) is 0 Å². The lowest BCUT2D eigenvalue weighted by atomic mass is 9.71. The topological polar surface area (TPSA) is 59.0 Å². The van der Waals surface area contributed by atoms with Crippen molar-refractivity contribution < 1.29 is 19.4 Å². The number of hydrogen-bond donors (Lipinski definition) is 1. The summed E-state index contributed by atoms with van der Waals surface area (Å²) in [7, 11) is 0. The first kappa shape index (κ1) is 12.8. The molecule has 2 heterocycles. The van der Waals surface area contributed by atoms with E-state index in [0.717, 1.165) is 25.7 Å². The van der Waals surface area contributed by atoms with Gasteiger partial charge in [0.05, 0.1) is 5.60 Å². The molecule has 1 N–H and O–H groups in total. The van der Waals surface area contributed by atoms with Crippen LogP contribution in [-0.2, 0) is 14.3 Å². The van der Waals surface area contributed by atoms with E-state index in [-0.39, 0.29) is 11.8 Å². The van der Waals surface area contributed by atoms with Crippen molar-refractivity contribution >= 4 is 5.91 Å². The van der Waals surface area contributed by atoms with Crippen LogP contribution < -0.4 is 0 Å². The van der Waals surface area contributed by atoms with E-state index in [1.165, 1.54) is 6.26 Å². The van der Waals surface area contributed by atoms with E-state index in [1.54, 1.807) is 4.90 Å². The van der Waals surface area contributed by atoms with Gasteiger partial charge in [-0.1, -0.05) is 12.8 Å². The van der Waals surface area contributed by atoms with Gasteiger partial charge in [0, 0.05) is 19.0 Å². The van der Waals surface area contributed by atoms with Gasteiger partial charge < -0.3 is 19.5 Å². The number of aliphatic hydroxyl groups is 1. The summed E-state index contributed by atoms with van der Waals surface area (Å²) in [6.07, 6.45) is 6.23. The zero-order valence-electron chi connectivity index (χ0n) is 11.1. The highest BCUT2D eigenvalue weighted by atomic mass is 16.6. The minimum Gasteiger partial charge on any atom is -0.494 e. The first-order chi connectivity index (χ1) is 9.19. The second-order valence-electron chi connectivity index (χ2n) is 5.75. The Bertz CT molecular complexity index is 395. The molecule has 0 spiro atoms. The number of carbonyl (C=O) groups excluding carboxylic acids is 1. The fourth-order valence-corrected chi connectivity index (χ4v) is 3.39. The molecule has 0 radical (unpaired) electrons. The first-order valence-electron chi connectivity index (χ1n) is 7.15. The number of hydrogen-bond acceptors (Lipinski definition) is 4. The molecule has 2 aliphatic heterocycles. The van der Waals surface area contributed by atoms with Crippen molar-refractivity contribution in [2.24, 2.45) is 5.92 Å². The summed E-state index contributed by atoms with van der Waals surface area (Å²) in [5, 5.41) is 10.6. The third kappa shape index (κ3) is 2.43. The molecule has 2 fully saturated rings. The van der Waals surface area contributed by atoms with Crippen LogP contribution in [0.15, 0.2) is 12.0 Å². The third-order valence-corrected chi connectivity index (χ3v) is 4.57. The summed E-state index contributed by atoms with van der Waals surface area (Å²) in [6.45, 7) is 2.17. The van der Waals surface area contributed by atoms with Gasteiger partial charge in [-0.25, -0.2) is 0 Å². The summed E-state index contributed by atoms with van der Waals surface area (Å²) >= 11 is 0. The zero-order chi connectivity index (χ0) is 13.3. The molecule has 0 bridgehead atoms. The lowest BCUT2D eigenvalue weighted by Crippen LogP contribution is -2.55. The summed E-state index contributed by atoms with van der Waals surface area (Å²) in [4.78, 5) is 14.1. The van der Waals surface area contributed by atoms with Crippen molar-refractivity contribution in [3.8, 4) is 0 Å². The van der Waals surface area contributed by atoms with E-state index in [1.807, 2.05) is 0 Å². The molecule has 0 aromatic rings. The molecular weight excluding hydrogens is 246 g/mol. The van der Waals surface area contributed by atoms with Crippen molar-refractivity contribution in [2.75, 3.05) is 26.3 Å². The lowest BCUT2D eigenvalue weighted by Gasteiger charge is -2.47. The summed E-state index contributed by atoms with van der Waals surface area (Å²) in [6, 6.07) is 0. The second kappa shape index (κ2) is 5.04. The second-order valence-corrected chi connectivity index (χ2v) is 5.75. The predicted molar refractivity (Wildman–Crippen MR) is 68.1 cm³/mol. The minimum atomic E-state index is -0.548. The summed E-state index contributed by atoms with van der Waals surface area (Å²) in [5.41, 5.74) is -0.548. The molecule has 3 rings (SSSR count). The average Bonchev–Trinajstić information content (AvgIpc) is 2.46. The smallest absolute Gasteiger partial charge is 0.292 e. The zero-order valence-corrected chi connectivity index (χ0v) is 11.1.